The van der Waals surface area contributed by atoms with Crippen LogP contribution in [0.2, 0.25) is 0 Å². The van der Waals surface area contributed by atoms with E-state index < -0.39 is 23.7 Å². The molecule has 2 aromatic rings. The molecule has 0 saturated carbocycles. The van der Waals surface area contributed by atoms with E-state index in [1.54, 1.807) is 44.7 Å². The Kier molecular flexibility index (Phi) is 6.99. The molecule has 1 aromatic carbocycles. The molecule has 1 atom stereocenters. The highest BCUT2D eigenvalue weighted by atomic mass is 32.2. The van der Waals surface area contributed by atoms with E-state index in [4.69, 9.17) is 13.9 Å². The van der Waals surface area contributed by atoms with Gasteiger partial charge in [0.15, 0.2) is 0 Å². The second-order valence-electron chi connectivity index (χ2n) is 8.74. The van der Waals surface area contributed by atoms with Crippen LogP contribution < -0.4 is 15.7 Å². The highest BCUT2D eigenvalue weighted by molar-refractivity contribution is 7.98. The van der Waals surface area contributed by atoms with Gasteiger partial charge in [-0.2, -0.15) is 11.8 Å². The first kappa shape index (κ1) is 23.2. The number of esters is 1. The molecule has 1 N–H and O–H groups in total. The second kappa shape index (κ2) is 9.34. The van der Waals surface area contributed by atoms with Crippen LogP contribution in [0.3, 0.4) is 0 Å². The summed E-state index contributed by atoms with van der Waals surface area (Å²) in [5.41, 5.74) is 1.75. The first-order valence-electron chi connectivity index (χ1n) is 10.4. The summed E-state index contributed by atoms with van der Waals surface area (Å²) in [5.74, 6) is 0.431. The van der Waals surface area contributed by atoms with Crippen LogP contribution in [0, 0.1) is 6.92 Å². The van der Waals surface area contributed by atoms with Gasteiger partial charge in [-0.1, -0.05) is 0 Å². The van der Waals surface area contributed by atoms with Crippen LogP contribution in [0.15, 0.2) is 21.3 Å². The van der Waals surface area contributed by atoms with Gasteiger partial charge in [0.05, 0.1) is 5.39 Å². The number of aryl methyl sites for hydroxylation is 2. The van der Waals surface area contributed by atoms with Gasteiger partial charge >= 0.3 is 17.7 Å². The lowest BCUT2D eigenvalue weighted by Crippen LogP contribution is -2.45. The van der Waals surface area contributed by atoms with E-state index in [1.165, 1.54) is 0 Å². The normalized spacial score (nSPS) is 14.2. The van der Waals surface area contributed by atoms with Gasteiger partial charge in [-0.3, -0.25) is 0 Å². The summed E-state index contributed by atoms with van der Waals surface area (Å²) in [6.45, 7) is 7.12. The van der Waals surface area contributed by atoms with Crippen molar-refractivity contribution in [3.63, 3.8) is 0 Å². The molecule has 168 valence electrons. The quantitative estimate of drug-likeness (QED) is 0.404. The van der Waals surface area contributed by atoms with Crippen LogP contribution >= 0.6 is 11.8 Å². The van der Waals surface area contributed by atoms with E-state index >= 15 is 0 Å². The molecule has 8 heteroatoms. The average Bonchev–Trinajstić information content (AvgIpc) is 3.13. The first-order chi connectivity index (χ1) is 14.6. The van der Waals surface area contributed by atoms with Crippen molar-refractivity contribution >= 4 is 34.8 Å². The number of rotatable bonds is 6. The molecule has 1 aliphatic carbocycles. The fraction of sp³-hybridized carbons (Fsp3) is 0.522. The van der Waals surface area contributed by atoms with E-state index in [-0.39, 0.29) is 5.63 Å². The van der Waals surface area contributed by atoms with Gasteiger partial charge < -0.3 is 19.2 Å². The van der Waals surface area contributed by atoms with Crippen LogP contribution in [-0.2, 0) is 22.4 Å². The molecule has 0 radical (unpaired) electrons. The number of thioether (sulfide) groups is 1. The maximum absolute atomic E-state index is 13.0. The number of hydrogen-bond donors (Lipinski definition) is 1. The highest BCUT2D eigenvalue weighted by Gasteiger charge is 2.28. The summed E-state index contributed by atoms with van der Waals surface area (Å²) in [7, 11) is 0. The van der Waals surface area contributed by atoms with Crippen molar-refractivity contribution in [3.8, 4) is 5.75 Å². The van der Waals surface area contributed by atoms with E-state index in [0.717, 1.165) is 24.0 Å². The van der Waals surface area contributed by atoms with Gasteiger partial charge in [0.1, 0.15) is 23.0 Å². The molecule has 7 nitrogen and oxygen atoms in total. The lowest BCUT2D eigenvalue weighted by Gasteiger charge is -2.23. The number of hydrogen-bond acceptors (Lipinski definition) is 7. The number of fused-ring (bicyclic) bond motifs is 3. The van der Waals surface area contributed by atoms with Crippen molar-refractivity contribution in [2.24, 2.45) is 0 Å². The van der Waals surface area contributed by atoms with Gasteiger partial charge in [-0.25, -0.2) is 14.4 Å². The topological polar surface area (TPSA) is 94.8 Å². The van der Waals surface area contributed by atoms with Gasteiger partial charge in [0.25, 0.3) is 0 Å². The molecule has 31 heavy (non-hydrogen) atoms. The number of benzene rings is 1. The maximum Gasteiger partial charge on any atom is 0.408 e. The zero-order valence-corrected chi connectivity index (χ0v) is 19.4. The predicted molar refractivity (Wildman–Crippen MR) is 121 cm³/mol. The summed E-state index contributed by atoms with van der Waals surface area (Å²) in [6.07, 6.45) is 3.90. The Morgan fingerprint density at radius 2 is 1.94 bits per heavy atom. The van der Waals surface area contributed by atoms with Gasteiger partial charge in [0, 0.05) is 5.56 Å². The van der Waals surface area contributed by atoms with Gasteiger partial charge in [-0.15, -0.1) is 0 Å². The van der Waals surface area contributed by atoms with Crippen LogP contribution in [0.1, 0.15) is 50.3 Å². The Balaban J connectivity index is 1.92. The van der Waals surface area contributed by atoms with E-state index in [2.05, 4.69) is 5.32 Å². The summed E-state index contributed by atoms with van der Waals surface area (Å²) in [6, 6.07) is 2.68. The maximum atomic E-state index is 13.0. The third-order valence-corrected chi connectivity index (χ3v) is 5.62. The third kappa shape index (κ3) is 5.61. The Morgan fingerprint density at radius 1 is 1.23 bits per heavy atom. The summed E-state index contributed by atoms with van der Waals surface area (Å²) in [4.78, 5) is 37.6. The Morgan fingerprint density at radius 3 is 2.61 bits per heavy atom. The molecule has 1 heterocycles. The SMILES string of the molecule is CSCC[C@@H](NC(=O)OC(C)(C)C)C(=O)Oc1cc(C)cc2oc(=O)c3c(c12)CCC3. The smallest absolute Gasteiger partial charge is 0.408 e. The van der Waals surface area contributed by atoms with Crippen molar-refractivity contribution in [2.75, 3.05) is 12.0 Å². The van der Waals surface area contributed by atoms with E-state index in [0.29, 0.717) is 40.9 Å². The number of ether oxygens (including phenoxy) is 2. The first-order valence-corrected chi connectivity index (χ1v) is 11.8. The largest absolute Gasteiger partial charge is 0.444 e. The minimum absolute atomic E-state index is 0.327. The molecule has 0 unspecified atom stereocenters. The average molecular weight is 448 g/mol. The Labute approximate surface area is 185 Å². The zero-order valence-electron chi connectivity index (χ0n) is 18.6. The minimum Gasteiger partial charge on any atom is -0.444 e. The van der Waals surface area contributed by atoms with Crippen molar-refractivity contribution < 1.29 is 23.5 Å². The molecule has 0 fully saturated rings. The zero-order chi connectivity index (χ0) is 22.8. The molecule has 1 aromatic heterocycles. The number of carbonyl (C=O) groups is 2. The number of alkyl carbamates (subject to hydrolysis) is 1. The summed E-state index contributed by atoms with van der Waals surface area (Å²) >= 11 is 1.57. The van der Waals surface area contributed by atoms with Crippen molar-refractivity contribution in [1.29, 1.82) is 0 Å². The van der Waals surface area contributed by atoms with Crippen LogP contribution in [0.4, 0.5) is 4.79 Å². The fourth-order valence-corrected chi connectivity index (χ4v) is 4.17. The molecular weight excluding hydrogens is 418 g/mol. The molecule has 0 bridgehead atoms. The molecule has 1 amide bonds. The van der Waals surface area contributed by atoms with Crippen molar-refractivity contribution in [3.05, 3.63) is 39.2 Å². The molecule has 1 aliphatic rings. The highest BCUT2D eigenvalue weighted by Crippen LogP contribution is 2.35. The van der Waals surface area contributed by atoms with E-state index in [9.17, 15) is 14.4 Å². The minimum atomic E-state index is -0.860. The summed E-state index contributed by atoms with van der Waals surface area (Å²) < 4.78 is 16.6. The fourth-order valence-electron chi connectivity index (χ4n) is 3.70. The molecule has 0 aliphatic heterocycles. The molecule has 0 saturated heterocycles. The number of carbonyl (C=O) groups excluding carboxylic acids is 2. The molecule has 0 spiro atoms. The van der Waals surface area contributed by atoms with Crippen LogP contribution in [-0.4, -0.2) is 35.7 Å². The monoisotopic (exact) mass is 447 g/mol. The molecule has 3 rings (SSSR count). The number of amides is 1. The standard InChI is InChI=1S/C23H29NO6S/c1-13-11-17-19(14-7-6-8-15(14)20(25)28-17)18(12-13)29-21(26)16(9-10-31-5)24-22(27)30-23(2,3)4/h11-12,16H,6-10H2,1-5H3,(H,24,27)/t16-/m1/s1. The van der Waals surface area contributed by atoms with Crippen LogP contribution in [0.25, 0.3) is 11.0 Å². The van der Waals surface area contributed by atoms with Crippen molar-refractivity contribution in [1.82, 2.24) is 5.32 Å². The lowest BCUT2D eigenvalue weighted by molar-refractivity contribution is -0.136. The summed E-state index contributed by atoms with van der Waals surface area (Å²) in [5, 5.41) is 3.29. The van der Waals surface area contributed by atoms with Gasteiger partial charge in [0.2, 0.25) is 0 Å². The molecular formula is C23H29NO6S. The third-order valence-electron chi connectivity index (χ3n) is 4.98. The Hall–Kier alpha value is -2.48. The van der Waals surface area contributed by atoms with Crippen LogP contribution in [0.5, 0.6) is 5.75 Å². The van der Waals surface area contributed by atoms with Gasteiger partial charge in [-0.05, 0) is 88.6 Å². The lowest BCUT2D eigenvalue weighted by atomic mass is 10.0. The van der Waals surface area contributed by atoms with Crippen molar-refractivity contribution in [2.45, 2.75) is 65.0 Å². The second-order valence-corrected chi connectivity index (χ2v) is 9.72. The van der Waals surface area contributed by atoms with E-state index in [1.807, 2.05) is 13.2 Å². The number of nitrogens with one attached hydrogen (secondary N) is 1. The Bertz CT molecular complexity index is 1050. The predicted octanol–water partition coefficient (Wildman–Crippen LogP) is 4.14.